The van der Waals surface area contributed by atoms with Gasteiger partial charge in [-0.15, -0.1) is 12.4 Å². The van der Waals surface area contributed by atoms with Crippen LogP contribution in [0.15, 0.2) is 53.4 Å². The molecule has 0 spiro atoms. The zero-order valence-electron chi connectivity index (χ0n) is 14.8. The normalized spacial score (nSPS) is 16.4. The summed E-state index contributed by atoms with van der Waals surface area (Å²) in [5.74, 6) is 0.120. The summed E-state index contributed by atoms with van der Waals surface area (Å²) in [7, 11) is -2.16. The molecular formula is C18H22ClN3O4S. The van der Waals surface area contributed by atoms with Crippen molar-refractivity contribution in [3.8, 4) is 5.75 Å². The van der Waals surface area contributed by atoms with Crippen molar-refractivity contribution in [1.29, 1.82) is 0 Å². The molecule has 7 nitrogen and oxygen atoms in total. The Morgan fingerprint density at radius 2 is 1.96 bits per heavy atom. The van der Waals surface area contributed by atoms with Crippen molar-refractivity contribution in [2.45, 2.75) is 17.4 Å². The summed E-state index contributed by atoms with van der Waals surface area (Å²) in [6, 6.07) is 12.9. The highest BCUT2D eigenvalue weighted by atomic mass is 35.5. The first kappa shape index (κ1) is 21.2. The van der Waals surface area contributed by atoms with Crippen molar-refractivity contribution in [3.63, 3.8) is 0 Å². The van der Waals surface area contributed by atoms with Gasteiger partial charge in [-0.2, -0.15) is 0 Å². The van der Waals surface area contributed by atoms with E-state index in [2.05, 4.69) is 15.4 Å². The number of hydrogen-bond donors (Lipinski definition) is 3. The number of ether oxygens (including phenoxy) is 1. The van der Waals surface area contributed by atoms with Crippen LogP contribution in [0.1, 0.15) is 16.8 Å². The number of rotatable bonds is 6. The Morgan fingerprint density at radius 1 is 1.19 bits per heavy atom. The maximum absolute atomic E-state index is 12.5. The van der Waals surface area contributed by atoms with Crippen LogP contribution in [0.4, 0.5) is 5.69 Å². The molecule has 1 heterocycles. The highest BCUT2D eigenvalue weighted by Crippen LogP contribution is 2.24. The number of carbonyl (C=O) groups excluding carboxylic acids is 1. The van der Waals surface area contributed by atoms with Crippen LogP contribution >= 0.6 is 12.4 Å². The molecule has 3 N–H and O–H groups in total. The number of halogens is 1. The van der Waals surface area contributed by atoms with E-state index < -0.39 is 15.9 Å². The van der Waals surface area contributed by atoms with Crippen molar-refractivity contribution in [2.24, 2.45) is 0 Å². The van der Waals surface area contributed by atoms with Crippen LogP contribution in [0.5, 0.6) is 5.75 Å². The topological polar surface area (TPSA) is 96.5 Å². The molecule has 3 rings (SSSR count). The lowest BCUT2D eigenvalue weighted by atomic mass is 10.2. The van der Waals surface area contributed by atoms with E-state index in [0.717, 1.165) is 13.0 Å². The van der Waals surface area contributed by atoms with Crippen molar-refractivity contribution in [3.05, 3.63) is 54.1 Å². The molecule has 27 heavy (non-hydrogen) atoms. The highest BCUT2D eigenvalue weighted by Gasteiger charge is 2.23. The fraction of sp³-hybridized carbons (Fsp3) is 0.278. The molecule has 2 aromatic rings. The van der Waals surface area contributed by atoms with E-state index in [1.807, 2.05) is 0 Å². The highest BCUT2D eigenvalue weighted by molar-refractivity contribution is 7.89. The predicted molar refractivity (Wildman–Crippen MR) is 106 cm³/mol. The molecule has 1 aliphatic heterocycles. The number of para-hydroxylation sites is 2. The first-order valence-corrected chi connectivity index (χ1v) is 9.75. The molecule has 1 aliphatic rings. The van der Waals surface area contributed by atoms with E-state index in [9.17, 15) is 13.2 Å². The fourth-order valence-electron chi connectivity index (χ4n) is 2.79. The van der Waals surface area contributed by atoms with Crippen molar-refractivity contribution < 1.29 is 17.9 Å². The van der Waals surface area contributed by atoms with E-state index in [-0.39, 0.29) is 28.9 Å². The molecule has 0 aromatic heterocycles. The summed E-state index contributed by atoms with van der Waals surface area (Å²) in [5, 5.41) is 5.85. The van der Waals surface area contributed by atoms with Gasteiger partial charge in [0.25, 0.3) is 5.91 Å². The van der Waals surface area contributed by atoms with Crippen LogP contribution in [0.3, 0.4) is 0 Å². The Bertz CT molecular complexity index is 899. The number of amides is 1. The lowest BCUT2D eigenvalue weighted by molar-refractivity contribution is 0.102. The fourth-order valence-corrected chi connectivity index (χ4v) is 4.11. The Balaban J connectivity index is 0.00000261. The van der Waals surface area contributed by atoms with Crippen LogP contribution < -0.4 is 20.1 Å². The average Bonchev–Trinajstić information content (AvgIpc) is 3.14. The van der Waals surface area contributed by atoms with E-state index >= 15 is 0 Å². The van der Waals surface area contributed by atoms with Crippen molar-refractivity contribution in [1.82, 2.24) is 10.0 Å². The maximum atomic E-state index is 12.5. The van der Waals surface area contributed by atoms with Gasteiger partial charge in [0.1, 0.15) is 5.75 Å². The third kappa shape index (κ3) is 5.20. The second kappa shape index (κ2) is 9.18. The molecule has 1 saturated heterocycles. The minimum absolute atomic E-state index is 0. The average molecular weight is 412 g/mol. The number of nitrogens with one attached hydrogen (secondary N) is 3. The van der Waals surface area contributed by atoms with Crippen molar-refractivity contribution >= 4 is 34.0 Å². The van der Waals surface area contributed by atoms with Crippen molar-refractivity contribution in [2.75, 3.05) is 25.5 Å². The van der Waals surface area contributed by atoms with Gasteiger partial charge in [0.05, 0.1) is 17.7 Å². The third-order valence-corrected chi connectivity index (χ3v) is 5.66. The summed E-state index contributed by atoms with van der Waals surface area (Å²) >= 11 is 0. The number of benzene rings is 2. The molecule has 146 valence electrons. The summed E-state index contributed by atoms with van der Waals surface area (Å²) in [6.45, 7) is 1.39. The zero-order valence-corrected chi connectivity index (χ0v) is 16.4. The van der Waals surface area contributed by atoms with Gasteiger partial charge in [-0.05, 0) is 43.3 Å². The molecule has 0 saturated carbocycles. The summed E-state index contributed by atoms with van der Waals surface area (Å²) < 4.78 is 32.9. The molecule has 1 atom stereocenters. The molecular weight excluding hydrogens is 390 g/mol. The molecule has 0 bridgehead atoms. The summed E-state index contributed by atoms with van der Waals surface area (Å²) in [5.41, 5.74) is 0.770. The maximum Gasteiger partial charge on any atom is 0.255 e. The van der Waals surface area contributed by atoms with E-state index in [1.54, 1.807) is 36.4 Å². The predicted octanol–water partition coefficient (Wildman–Crippen LogP) is 2.01. The monoisotopic (exact) mass is 411 g/mol. The van der Waals surface area contributed by atoms with Gasteiger partial charge in [-0.25, -0.2) is 13.1 Å². The van der Waals surface area contributed by atoms with Gasteiger partial charge in [0.15, 0.2) is 0 Å². The van der Waals surface area contributed by atoms with E-state index in [4.69, 9.17) is 4.74 Å². The van der Waals surface area contributed by atoms with E-state index in [1.165, 1.54) is 19.2 Å². The second-order valence-electron chi connectivity index (χ2n) is 5.99. The minimum atomic E-state index is -3.68. The number of hydrogen-bond acceptors (Lipinski definition) is 5. The van der Waals surface area contributed by atoms with Crippen LogP contribution in [0.25, 0.3) is 0 Å². The number of carbonyl (C=O) groups is 1. The number of sulfonamides is 1. The summed E-state index contributed by atoms with van der Waals surface area (Å²) in [6.07, 6.45) is 0.743. The van der Waals surface area contributed by atoms with Gasteiger partial charge in [0, 0.05) is 18.2 Å². The van der Waals surface area contributed by atoms with Crippen LogP contribution in [0, 0.1) is 0 Å². The number of methoxy groups -OCH3 is 1. The third-order valence-electron chi connectivity index (χ3n) is 4.14. The molecule has 0 unspecified atom stereocenters. The van der Waals surface area contributed by atoms with Crippen LogP contribution in [0.2, 0.25) is 0 Å². The van der Waals surface area contributed by atoms with Gasteiger partial charge in [0.2, 0.25) is 10.0 Å². The Labute approximate surface area is 165 Å². The molecule has 0 aliphatic carbocycles. The first-order chi connectivity index (χ1) is 12.5. The standard InChI is InChI=1S/C18H21N3O4S.ClH/c1-25-17-8-3-2-7-16(17)20-18(22)13-5-4-6-15(11-13)26(23,24)21-14-9-10-19-12-14;/h2-8,11,14,19,21H,9-10,12H2,1H3,(H,20,22);1H/t14-;/m1./s1. The molecule has 1 amide bonds. The largest absolute Gasteiger partial charge is 0.495 e. The van der Waals surface area contributed by atoms with Gasteiger partial charge in [-0.1, -0.05) is 18.2 Å². The lowest BCUT2D eigenvalue weighted by Gasteiger charge is -2.13. The minimum Gasteiger partial charge on any atom is -0.495 e. The van der Waals surface area contributed by atoms with Gasteiger partial charge >= 0.3 is 0 Å². The Hall–Kier alpha value is -2.13. The Kier molecular flexibility index (Phi) is 7.20. The molecule has 1 fully saturated rings. The molecule has 0 radical (unpaired) electrons. The quantitative estimate of drug-likeness (QED) is 0.675. The molecule has 2 aromatic carbocycles. The van der Waals surface area contributed by atoms with Crippen LogP contribution in [-0.4, -0.2) is 40.6 Å². The Morgan fingerprint density at radius 3 is 2.67 bits per heavy atom. The second-order valence-corrected chi connectivity index (χ2v) is 7.71. The zero-order chi connectivity index (χ0) is 18.6. The van der Waals surface area contributed by atoms with Gasteiger partial charge < -0.3 is 15.4 Å². The van der Waals surface area contributed by atoms with Gasteiger partial charge in [-0.3, -0.25) is 4.79 Å². The summed E-state index contributed by atoms with van der Waals surface area (Å²) in [4.78, 5) is 12.6. The lowest BCUT2D eigenvalue weighted by Crippen LogP contribution is -2.36. The first-order valence-electron chi connectivity index (χ1n) is 8.27. The SMILES string of the molecule is COc1ccccc1NC(=O)c1cccc(S(=O)(=O)N[C@@H]2CCNC2)c1.Cl. The van der Waals surface area contributed by atoms with Crippen LogP contribution in [-0.2, 0) is 10.0 Å². The molecule has 9 heteroatoms. The number of anilines is 1. The van der Waals surface area contributed by atoms with E-state index in [0.29, 0.717) is 18.0 Å². The smallest absolute Gasteiger partial charge is 0.255 e.